The van der Waals surface area contributed by atoms with Gasteiger partial charge in [0.1, 0.15) is 0 Å². The zero-order valence-electron chi connectivity index (χ0n) is 11.1. The largest absolute Gasteiger partial charge is 0.389 e. The molecule has 0 aromatic rings. The summed E-state index contributed by atoms with van der Waals surface area (Å²) in [5, 5.41) is 19.3. The molecular formula is C13H25NO4. The summed E-state index contributed by atoms with van der Waals surface area (Å²) >= 11 is 0. The number of ether oxygens (including phenoxy) is 2. The number of aliphatic hydroxyl groups excluding tert-OH is 2. The molecule has 0 rings (SSSR count). The predicted molar refractivity (Wildman–Crippen MR) is 71.5 cm³/mol. The number of hydrogen-bond donors (Lipinski definition) is 2. The van der Waals surface area contributed by atoms with E-state index >= 15 is 0 Å². The van der Waals surface area contributed by atoms with E-state index in [4.69, 9.17) is 9.47 Å². The molecule has 0 saturated carbocycles. The van der Waals surface area contributed by atoms with Gasteiger partial charge in [-0.15, -0.1) is 13.2 Å². The van der Waals surface area contributed by atoms with Crippen LogP contribution < -0.4 is 0 Å². The highest BCUT2D eigenvalue weighted by molar-refractivity contribution is 4.69. The third-order valence-electron chi connectivity index (χ3n) is 2.14. The Morgan fingerprint density at radius 1 is 1.00 bits per heavy atom. The SMILES string of the molecule is C=CCOCC(O)CN(C)CC(O)COCC=C. The van der Waals surface area contributed by atoms with Crippen LogP contribution in [0.4, 0.5) is 0 Å². The first-order valence-electron chi connectivity index (χ1n) is 6.02. The van der Waals surface area contributed by atoms with E-state index in [1.165, 1.54) is 0 Å². The molecule has 2 N–H and O–H groups in total. The summed E-state index contributed by atoms with van der Waals surface area (Å²) in [4.78, 5) is 1.84. The Morgan fingerprint density at radius 2 is 1.39 bits per heavy atom. The normalized spacial score (nSPS) is 14.4. The van der Waals surface area contributed by atoms with Gasteiger partial charge in [-0.2, -0.15) is 0 Å². The van der Waals surface area contributed by atoms with Gasteiger partial charge >= 0.3 is 0 Å². The van der Waals surface area contributed by atoms with Crippen molar-refractivity contribution in [3.05, 3.63) is 25.3 Å². The molecule has 0 heterocycles. The lowest BCUT2D eigenvalue weighted by atomic mass is 10.3. The van der Waals surface area contributed by atoms with E-state index in [9.17, 15) is 10.2 Å². The summed E-state index contributed by atoms with van der Waals surface area (Å²) in [7, 11) is 1.83. The molecule has 0 aromatic heterocycles. The fourth-order valence-corrected chi connectivity index (χ4v) is 1.47. The van der Waals surface area contributed by atoms with Gasteiger partial charge in [0, 0.05) is 13.1 Å². The first-order valence-corrected chi connectivity index (χ1v) is 6.02. The van der Waals surface area contributed by atoms with Crippen LogP contribution in [0.2, 0.25) is 0 Å². The van der Waals surface area contributed by atoms with Gasteiger partial charge in [-0.3, -0.25) is 0 Å². The first-order chi connectivity index (χ1) is 8.60. The third kappa shape index (κ3) is 10.4. The summed E-state index contributed by atoms with van der Waals surface area (Å²) < 4.78 is 10.3. The number of rotatable bonds is 12. The highest BCUT2D eigenvalue weighted by Crippen LogP contribution is 1.95. The maximum atomic E-state index is 9.65. The van der Waals surface area contributed by atoms with Crippen LogP contribution in [0.1, 0.15) is 0 Å². The highest BCUT2D eigenvalue weighted by Gasteiger charge is 2.12. The second-order valence-electron chi connectivity index (χ2n) is 4.18. The lowest BCUT2D eigenvalue weighted by molar-refractivity contribution is 0.00424. The molecule has 0 aliphatic heterocycles. The Hall–Kier alpha value is -0.720. The van der Waals surface area contributed by atoms with Gasteiger partial charge in [-0.1, -0.05) is 12.2 Å². The van der Waals surface area contributed by atoms with E-state index in [0.717, 1.165) is 0 Å². The number of likely N-dealkylation sites (N-methyl/N-ethyl adjacent to an activating group) is 1. The van der Waals surface area contributed by atoms with Gasteiger partial charge in [0.15, 0.2) is 0 Å². The molecule has 106 valence electrons. The first kappa shape index (κ1) is 17.3. The predicted octanol–water partition coefficient (Wildman–Crippen LogP) is 0.0452. The molecule has 0 amide bonds. The molecular weight excluding hydrogens is 234 g/mol. The van der Waals surface area contributed by atoms with Gasteiger partial charge in [0.25, 0.3) is 0 Å². The molecule has 5 nitrogen and oxygen atoms in total. The second kappa shape index (κ2) is 11.4. The lowest BCUT2D eigenvalue weighted by Gasteiger charge is -2.23. The molecule has 0 radical (unpaired) electrons. The minimum atomic E-state index is -0.573. The van der Waals surface area contributed by atoms with Crippen LogP contribution in [-0.4, -0.2) is 73.9 Å². The molecule has 0 aliphatic rings. The standard InChI is InChI=1S/C13H25NO4/c1-4-6-17-10-12(15)8-14(3)9-13(16)11-18-7-5-2/h4-5,12-13,15-16H,1-2,6-11H2,3H3. The van der Waals surface area contributed by atoms with Gasteiger partial charge < -0.3 is 24.6 Å². The summed E-state index contributed by atoms with van der Waals surface area (Å²) in [6.45, 7) is 9.31. The van der Waals surface area contributed by atoms with Crippen molar-refractivity contribution in [1.82, 2.24) is 4.90 Å². The van der Waals surface area contributed by atoms with Crippen LogP contribution in [0.5, 0.6) is 0 Å². The van der Waals surface area contributed by atoms with E-state index in [2.05, 4.69) is 13.2 Å². The minimum Gasteiger partial charge on any atom is -0.389 e. The van der Waals surface area contributed by atoms with Gasteiger partial charge in [-0.25, -0.2) is 0 Å². The Balaban J connectivity index is 3.63. The molecule has 0 bridgehead atoms. The highest BCUT2D eigenvalue weighted by atomic mass is 16.5. The van der Waals surface area contributed by atoms with Crippen LogP contribution in [0.15, 0.2) is 25.3 Å². The number of aliphatic hydroxyl groups is 2. The van der Waals surface area contributed by atoms with Crippen LogP contribution in [0.3, 0.4) is 0 Å². The maximum absolute atomic E-state index is 9.65. The second-order valence-corrected chi connectivity index (χ2v) is 4.18. The molecule has 0 aromatic carbocycles. The van der Waals surface area contributed by atoms with Crippen molar-refractivity contribution in [1.29, 1.82) is 0 Å². The van der Waals surface area contributed by atoms with Crippen LogP contribution in [-0.2, 0) is 9.47 Å². The van der Waals surface area contributed by atoms with Crippen LogP contribution in [0.25, 0.3) is 0 Å². The maximum Gasteiger partial charge on any atom is 0.0900 e. The fraction of sp³-hybridized carbons (Fsp3) is 0.692. The molecule has 5 heteroatoms. The third-order valence-corrected chi connectivity index (χ3v) is 2.14. The molecule has 0 saturated heterocycles. The monoisotopic (exact) mass is 259 g/mol. The van der Waals surface area contributed by atoms with Crippen molar-refractivity contribution in [3.8, 4) is 0 Å². The molecule has 2 unspecified atom stereocenters. The van der Waals surface area contributed by atoms with Crippen LogP contribution >= 0.6 is 0 Å². The Morgan fingerprint density at radius 3 is 1.72 bits per heavy atom. The number of nitrogens with zero attached hydrogens (tertiary/aromatic N) is 1. The van der Waals surface area contributed by atoms with Gasteiger partial charge in [0.2, 0.25) is 0 Å². The van der Waals surface area contributed by atoms with E-state index in [1.54, 1.807) is 12.2 Å². The lowest BCUT2D eigenvalue weighted by Crippen LogP contribution is -2.38. The van der Waals surface area contributed by atoms with Crippen molar-refractivity contribution in [3.63, 3.8) is 0 Å². The minimum absolute atomic E-state index is 0.263. The van der Waals surface area contributed by atoms with Gasteiger partial charge in [0.05, 0.1) is 38.6 Å². The zero-order valence-corrected chi connectivity index (χ0v) is 11.1. The Kier molecular flexibility index (Phi) is 10.9. The van der Waals surface area contributed by atoms with Crippen LogP contribution in [0, 0.1) is 0 Å². The molecule has 0 fully saturated rings. The summed E-state index contributed by atoms with van der Waals surface area (Å²) in [6.07, 6.45) is 2.13. The summed E-state index contributed by atoms with van der Waals surface area (Å²) in [5.74, 6) is 0. The van der Waals surface area contributed by atoms with E-state index in [1.807, 2.05) is 11.9 Å². The molecule has 18 heavy (non-hydrogen) atoms. The smallest absolute Gasteiger partial charge is 0.0900 e. The average molecular weight is 259 g/mol. The Labute approximate surface area is 109 Å². The fourth-order valence-electron chi connectivity index (χ4n) is 1.47. The summed E-state index contributed by atoms with van der Waals surface area (Å²) in [6, 6.07) is 0. The van der Waals surface area contributed by atoms with Crippen molar-refractivity contribution >= 4 is 0 Å². The van der Waals surface area contributed by atoms with E-state index in [-0.39, 0.29) is 13.2 Å². The molecule has 2 atom stereocenters. The van der Waals surface area contributed by atoms with Crippen molar-refractivity contribution in [2.24, 2.45) is 0 Å². The van der Waals surface area contributed by atoms with E-state index in [0.29, 0.717) is 26.3 Å². The zero-order chi connectivity index (χ0) is 13.8. The topological polar surface area (TPSA) is 62.2 Å². The van der Waals surface area contributed by atoms with Crippen molar-refractivity contribution in [2.75, 3.05) is 46.6 Å². The van der Waals surface area contributed by atoms with E-state index < -0.39 is 12.2 Å². The van der Waals surface area contributed by atoms with Crippen molar-refractivity contribution in [2.45, 2.75) is 12.2 Å². The quantitative estimate of drug-likeness (QED) is 0.383. The average Bonchev–Trinajstić information content (AvgIpc) is 2.29. The number of hydrogen-bond acceptors (Lipinski definition) is 5. The Bertz CT molecular complexity index is 201. The molecule has 0 aliphatic carbocycles. The molecule has 0 spiro atoms. The summed E-state index contributed by atoms with van der Waals surface area (Å²) in [5.41, 5.74) is 0. The van der Waals surface area contributed by atoms with Crippen molar-refractivity contribution < 1.29 is 19.7 Å². The van der Waals surface area contributed by atoms with Gasteiger partial charge in [-0.05, 0) is 7.05 Å².